The van der Waals surface area contributed by atoms with Crippen LogP contribution >= 0.6 is 17.0 Å². The molecule has 6 heteroatoms. The number of nitrogens with one attached hydrogen (secondary N) is 3. The summed E-state index contributed by atoms with van der Waals surface area (Å²) in [5.41, 5.74) is 2.81. The van der Waals surface area contributed by atoms with Crippen molar-refractivity contribution in [1.29, 1.82) is 5.41 Å². The van der Waals surface area contributed by atoms with E-state index in [9.17, 15) is 4.79 Å². The summed E-state index contributed by atoms with van der Waals surface area (Å²) in [6.07, 6.45) is 3.41. The molecule has 1 aliphatic rings. The maximum atomic E-state index is 12.1. The summed E-state index contributed by atoms with van der Waals surface area (Å²) in [5, 5.41) is 14.2. The smallest absolute Gasteiger partial charge is 0.224 e. The zero-order valence-electron chi connectivity index (χ0n) is 14.7. The molecule has 0 saturated carbocycles. The molecule has 138 valence electrons. The molecule has 0 spiro atoms. The van der Waals surface area contributed by atoms with E-state index in [4.69, 9.17) is 5.41 Å². The predicted molar refractivity (Wildman–Crippen MR) is 112 cm³/mol. The Morgan fingerprint density at radius 2 is 1.65 bits per heavy atom. The molecule has 2 aromatic carbocycles. The summed E-state index contributed by atoms with van der Waals surface area (Å²) in [4.78, 5) is 14.1. The molecule has 3 rings (SSSR count). The Kier molecular flexibility index (Phi) is 7.66. The second kappa shape index (κ2) is 9.97. The third-order valence-corrected chi connectivity index (χ3v) is 4.31. The molecule has 1 fully saturated rings. The number of carbonyl (C=O) groups excluding carboxylic acids is 1. The van der Waals surface area contributed by atoms with Crippen LogP contribution in [0, 0.1) is 5.41 Å². The highest BCUT2D eigenvalue weighted by Gasteiger charge is 2.14. The van der Waals surface area contributed by atoms with Crippen LogP contribution in [0.3, 0.4) is 0 Å². The zero-order valence-corrected chi connectivity index (χ0v) is 16.4. The van der Waals surface area contributed by atoms with Gasteiger partial charge in [0.05, 0.1) is 0 Å². The van der Waals surface area contributed by atoms with Crippen LogP contribution in [0.4, 0.5) is 11.4 Å². The number of guanidine groups is 1. The molecule has 5 nitrogen and oxygen atoms in total. The van der Waals surface area contributed by atoms with Gasteiger partial charge >= 0.3 is 0 Å². The van der Waals surface area contributed by atoms with Gasteiger partial charge in [-0.2, -0.15) is 0 Å². The van der Waals surface area contributed by atoms with E-state index in [1.165, 1.54) is 0 Å². The SMILES string of the molecule is Br.N=C(Nc1cccc(CCC(=O)Nc2ccccc2)c1)N1CCCC1. The number of nitrogens with zero attached hydrogens (tertiary/aromatic N) is 1. The first-order valence-electron chi connectivity index (χ1n) is 8.75. The summed E-state index contributed by atoms with van der Waals surface area (Å²) in [6.45, 7) is 1.90. The molecule has 2 aromatic rings. The third-order valence-electron chi connectivity index (χ3n) is 4.31. The minimum atomic E-state index is 0. The Balaban J connectivity index is 0.00000243. The molecule has 0 bridgehead atoms. The third kappa shape index (κ3) is 5.88. The topological polar surface area (TPSA) is 68.2 Å². The Morgan fingerprint density at radius 3 is 2.38 bits per heavy atom. The Bertz CT molecular complexity index is 730. The highest BCUT2D eigenvalue weighted by atomic mass is 79.9. The number of amides is 1. The van der Waals surface area contributed by atoms with Crippen molar-refractivity contribution in [3.05, 3.63) is 60.2 Å². The first-order chi connectivity index (χ1) is 12.2. The predicted octanol–water partition coefficient (Wildman–Crippen LogP) is 4.28. The lowest BCUT2D eigenvalue weighted by molar-refractivity contribution is -0.116. The number of para-hydroxylation sites is 1. The van der Waals surface area contributed by atoms with Crippen LogP contribution in [-0.2, 0) is 11.2 Å². The van der Waals surface area contributed by atoms with Gasteiger partial charge in [0.25, 0.3) is 0 Å². The van der Waals surface area contributed by atoms with Crippen molar-refractivity contribution in [2.24, 2.45) is 0 Å². The van der Waals surface area contributed by atoms with Crippen molar-refractivity contribution in [3.63, 3.8) is 0 Å². The van der Waals surface area contributed by atoms with Crippen molar-refractivity contribution in [1.82, 2.24) is 4.90 Å². The quantitative estimate of drug-likeness (QED) is 0.503. The maximum Gasteiger partial charge on any atom is 0.224 e. The highest BCUT2D eigenvalue weighted by Crippen LogP contribution is 2.15. The molecule has 0 aromatic heterocycles. The van der Waals surface area contributed by atoms with Gasteiger partial charge in [0.1, 0.15) is 0 Å². The number of halogens is 1. The molecule has 26 heavy (non-hydrogen) atoms. The average molecular weight is 417 g/mol. The normalized spacial score (nSPS) is 13.0. The number of anilines is 2. The van der Waals surface area contributed by atoms with Gasteiger partial charge in [0.2, 0.25) is 5.91 Å². The Labute approximate surface area is 165 Å². The lowest BCUT2D eigenvalue weighted by Gasteiger charge is -2.19. The first kappa shape index (κ1) is 20.0. The van der Waals surface area contributed by atoms with Crippen molar-refractivity contribution in [3.8, 4) is 0 Å². The van der Waals surface area contributed by atoms with Crippen LogP contribution in [0.15, 0.2) is 54.6 Å². The number of hydrogen-bond donors (Lipinski definition) is 3. The lowest BCUT2D eigenvalue weighted by atomic mass is 10.1. The standard InChI is InChI=1S/C20H24N4O.BrH/c21-20(24-13-4-5-14-24)23-18-10-6-7-16(15-18)11-12-19(25)22-17-8-2-1-3-9-17;/h1-3,6-10,15H,4-5,11-14H2,(H2,21,23)(H,22,25);1H. The average Bonchev–Trinajstić information content (AvgIpc) is 3.16. The van der Waals surface area contributed by atoms with Gasteiger partial charge in [0.15, 0.2) is 5.96 Å². The van der Waals surface area contributed by atoms with E-state index in [0.717, 1.165) is 42.9 Å². The van der Waals surface area contributed by atoms with Gasteiger partial charge in [-0.15, -0.1) is 17.0 Å². The maximum absolute atomic E-state index is 12.1. The largest absolute Gasteiger partial charge is 0.343 e. The van der Waals surface area contributed by atoms with Crippen LogP contribution in [0.1, 0.15) is 24.8 Å². The van der Waals surface area contributed by atoms with E-state index in [1.54, 1.807) is 0 Å². The molecule has 1 heterocycles. The van der Waals surface area contributed by atoms with E-state index in [1.807, 2.05) is 54.6 Å². The highest BCUT2D eigenvalue weighted by molar-refractivity contribution is 8.93. The fourth-order valence-electron chi connectivity index (χ4n) is 2.96. The van der Waals surface area contributed by atoms with E-state index in [0.29, 0.717) is 18.8 Å². The number of rotatable bonds is 5. The van der Waals surface area contributed by atoms with Crippen molar-refractivity contribution in [2.45, 2.75) is 25.7 Å². The van der Waals surface area contributed by atoms with E-state index in [2.05, 4.69) is 15.5 Å². The van der Waals surface area contributed by atoms with E-state index < -0.39 is 0 Å². The van der Waals surface area contributed by atoms with Crippen LogP contribution in [0.5, 0.6) is 0 Å². The minimum absolute atomic E-state index is 0. The van der Waals surface area contributed by atoms with Gasteiger partial charge in [-0.1, -0.05) is 30.3 Å². The molecule has 0 radical (unpaired) electrons. The summed E-state index contributed by atoms with van der Waals surface area (Å²) >= 11 is 0. The van der Waals surface area contributed by atoms with Gasteiger partial charge in [-0.25, -0.2) is 0 Å². The Morgan fingerprint density at radius 1 is 0.962 bits per heavy atom. The Hall–Kier alpha value is -2.34. The first-order valence-corrected chi connectivity index (χ1v) is 8.75. The second-order valence-electron chi connectivity index (χ2n) is 6.28. The van der Waals surface area contributed by atoms with Crippen molar-refractivity contribution < 1.29 is 4.79 Å². The number of benzene rings is 2. The fourth-order valence-corrected chi connectivity index (χ4v) is 2.96. The molecular formula is C20H25BrN4O. The van der Waals surface area contributed by atoms with Gasteiger partial charge in [-0.05, 0) is 49.1 Å². The van der Waals surface area contributed by atoms with Crippen LogP contribution in [0.25, 0.3) is 0 Å². The molecule has 3 N–H and O–H groups in total. The molecular weight excluding hydrogens is 392 g/mol. The molecule has 0 aliphatic carbocycles. The molecule has 0 unspecified atom stereocenters. The summed E-state index contributed by atoms with van der Waals surface area (Å²) in [7, 11) is 0. The molecule has 1 amide bonds. The molecule has 1 saturated heterocycles. The van der Waals surface area contributed by atoms with Crippen LogP contribution < -0.4 is 10.6 Å². The number of aryl methyl sites for hydroxylation is 1. The number of carbonyl (C=O) groups is 1. The monoisotopic (exact) mass is 416 g/mol. The lowest BCUT2D eigenvalue weighted by Crippen LogP contribution is -2.32. The van der Waals surface area contributed by atoms with E-state index >= 15 is 0 Å². The van der Waals surface area contributed by atoms with Crippen LogP contribution in [-0.4, -0.2) is 29.9 Å². The van der Waals surface area contributed by atoms with Gasteiger partial charge in [-0.3, -0.25) is 10.2 Å². The fraction of sp³-hybridized carbons (Fsp3) is 0.300. The minimum Gasteiger partial charge on any atom is -0.343 e. The second-order valence-corrected chi connectivity index (χ2v) is 6.28. The van der Waals surface area contributed by atoms with Crippen molar-refractivity contribution >= 4 is 40.2 Å². The number of hydrogen-bond acceptors (Lipinski definition) is 2. The molecule has 0 atom stereocenters. The van der Waals surface area contributed by atoms with Crippen molar-refractivity contribution in [2.75, 3.05) is 23.7 Å². The van der Waals surface area contributed by atoms with Crippen LogP contribution in [0.2, 0.25) is 0 Å². The number of likely N-dealkylation sites (tertiary alicyclic amines) is 1. The molecule has 1 aliphatic heterocycles. The van der Waals surface area contributed by atoms with Gasteiger partial charge < -0.3 is 15.5 Å². The summed E-state index contributed by atoms with van der Waals surface area (Å²) in [5.74, 6) is 0.464. The zero-order chi connectivity index (χ0) is 17.5. The van der Waals surface area contributed by atoms with E-state index in [-0.39, 0.29) is 22.9 Å². The summed E-state index contributed by atoms with van der Waals surface area (Å²) in [6, 6.07) is 17.4. The summed E-state index contributed by atoms with van der Waals surface area (Å²) < 4.78 is 0. The van der Waals surface area contributed by atoms with Gasteiger partial charge in [0, 0.05) is 30.9 Å².